The molecule has 0 bridgehead atoms. The molecule has 1 amide bonds. The Bertz CT molecular complexity index is 677. The van der Waals surface area contributed by atoms with Gasteiger partial charge in [0.25, 0.3) is 0 Å². The summed E-state index contributed by atoms with van der Waals surface area (Å²) in [6, 6.07) is 6.76. The molecule has 6 heteroatoms. The van der Waals surface area contributed by atoms with Crippen LogP contribution in [0.1, 0.15) is 42.3 Å². The van der Waals surface area contributed by atoms with Gasteiger partial charge in [-0.25, -0.2) is 0 Å². The number of fused-ring (bicyclic) bond motifs is 1. The molecule has 1 atom stereocenters. The van der Waals surface area contributed by atoms with E-state index in [0.717, 1.165) is 32.6 Å². The van der Waals surface area contributed by atoms with Gasteiger partial charge in [-0.15, -0.1) is 11.3 Å². The van der Waals surface area contributed by atoms with Crippen LogP contribution in [0.2, 0.25) is 0 Å². The lowest BCUT2D eigenvalue weighted by molar-refractivity contribution is -0.121. The van der Waals surface area contributed by atoms with Gasteiger partial charge in [0.1, 0.15) is 0 Å². The van der Waals surface area contributed by atoms with Gasteiger partial charge in [-0.3, -0.25) is 14.4 Å². The zero-order valence-electron chi connectivity index (χ0n) is 13.9. The summed E-state index contributed by atoms with van der Waals surface area (Å²) >= 11 is 1.81. The third-order valence-corrected chi connectivity index (χ3v) is 5.74. The smallest absolute Gasteiger partial charge is 0.220 e. The fourth-order valence-electron chi connectivity index (χ4n) is 3.46. The minimum Gasteiger partial charge on any atom is -0.356 e. The molecule has 1 fully saturated rings. The average Bonchev–Trinajstić information content (AvgIpc) is 3.03. The van der Waals surface area contributed by atoms with E-state index in [2.05, 4.69) is 43.6 Å². The first-order valence-corrected chi connectivity index (χ1v) is 9.70. The summed E-state index contributed by atoms with van der Waals surface area (Å²) in [5, 5.41) is 9.73. The van der Waals surface area contributed by atoms with Gasteiger partial charge >= 0.3 is 0 Å². The predicted molar refractivity (Wildman–Crippen MR) is 94.7 cm³/mol. The second kappa shape index (κ2) is 7.07. The Labute approximate surface area is 146 Å². The quantitative estimate of drug-likeness (QED) is 0.840. The molecule has 1 aliphatic heterocycles. The third-order valence-electron chi connectivity index (χ3n) is 4.88. The Balaban J connectivity index is 1.33. The molecule has 5 nitrogen and oxygen atoms in total. The highest BCUT2D eigenvalue weighted by Crippen LogP contribution is 2.32. The van der Waals surface area contributed by atoms with E-state index in [-0.39, 0.29) is 5.91 Å². The van der Waals surface area contributed by atoms with Crippen LogP contribution < -0.4 is 5.32 Å². The molecule has 2 aromatic rings. The van der Waals surface area contributed by atoms with Crippen LogP contribution in [0.25, 0.3) is 0 Å². The van der Waals surface area contributed by atoms with Crippen molar-refractivity contribution in [2.24, 2.45) is 5.92 Å². The molecular weight excluding hydrogens is 320 g/mol. The van der Waals surface area contributed by atoms with Crippen LogP contribution in [0.4, 0.5) is 0 Å². The first kappa shape index (κ1) is 15.8. The van der Waals surface area contributed by atoms with Crippen molar-refractivity contribution in [3.05, 3.63) is 40.3 Å². The molecule has 0 spiro atoms. The summed E-state index contributed by atoms with van der Waals surface area (Å²) < 4.78 is 2.15. The molecule has 1 N–H and O–H groups in total. The van der Waals surface area contributed by atoms with Gasteiger partial charge in [0, 0.05) is 43.7 Å². The Morgan fingerprint density at radius 3 is 3.08 bits per heavy atom. The second-order valence-electron chi connectivity index (χ2n) is 6.96. The van der Waals surface area contributed by atoms with Crippen LogP contribution in [0, 0.1) is 5.92 Å². The first-order valence-electron chi connectivity index (χ1n) is 8.82. The van der Waals surface area contributed by atoms with Crippen LogP contribution in [-0.2, 0) is 17.9 Å². The van der Waals surface area contributed by atoms with Gasteiger partial charge in [0.2, 0.25) is 5.91 Å². The summed E-state index contributed by atoms with van der Waals surface area (Å²) in [5.74, 6) is 0.864. The van der Waals surface area contributed by atoms with Crippen molar-refractivity contribution >= 4 is 17.2 Å². The molecule has 1 aliphatic carbocycles. The molecule has 128 valence electrons. The predicted octanol–water partition coefficient (Wildman–Crippen LogP) is 2.81. The number of nitrogens with one attached hydrogen (secondary N) is 1. The maximum absolute atomic E-state index is 11.9. The summed E-state index contributed by atoms with van der Waals surface area (Å²) in [5.41, 5.74) is 1.27. The number of carbonyl (C=O) groups is 1. The van der Waals surface area contributed by atoms with Gasteiger partial charge in [-0.05, 0) is 42.7 Å². The molecule has 0 unspecified atom stereocenters. The molecule has 2 aromatic heterocycles. The van der Waals surface area contributed by atoms with E-state index in [1.54, 1.807) is 0 Å². The van der Waals surface area contributed by atoms with E-state index in [1.165, 1.54) is 23.4 Å². The van der Waals surface area contributed by atoms with Gasteiger partial charge in [0.15, 0.2) is 0 Å². The van der Waals surface area contributed by atoms with Crippen LogP contribution in [0.15, 0.2) is 29.8 Å². The lowest BCUT2D eigenvalue weighted by Crippen LogP contribution is -2.38. The maximum Gasteiger partial charge on any atom is 0.220 e. The van der Waals surface area contributed by atoms with Gasteiger partial charge < -0.3 is 5.32 Å². The van der Waals surface area contributed by atoms with E-state index >= 15 is 0 Å². The third kappa shape index (κ3) is 3.87. The van der Waals surface area contributed by atoms with Crippen molar-refractivity contribution in [3.63, 3.8) is 0 Å². The van der Waals surface area contributed by atoms with Crippen molar-refractivity contribution in [3.8, 4) is 0 Å². The number of hydrogen-bond donors (Lipinski definition) is 1. The number of thiophene rings is 1. The van der Waals surface area contributed by atoms with Crippen LogP contribution >= 0.6 is 11.3 Å². The Morgan fingerprint density at radius 1 is 1.38 bits per heavy atom. The number of carbonyl (C=O) groups excluding carboxylic acids is 1. The fourth-order valence-corrected chi connectivity index (χ4v) is 4.20. The highest BCUT2D eigenvalue weighted by Gasteiger charge is 2.27. The highest BCUT2D eigenvalue weighted by atomic mass is 32.1. The number of amides is 1. The molecule has 3 heterocycles. The van der Waals surface area contributed by atoms with E-state index in [4.69, 9.17) is 0 Å². The lowest BCUT2D eigenvalue weighted by atomic mass is 10.1. The Morgan fingerprint density at radius 2 is 2.29 bits per heavy atom. The van der Waals surface area contributed by atoms with E-state index < -0.39 is 0 Å². The molecule has 0 radical (unpaired) electrons. The number of hydrogen-bond acceptors (Lipinski definition) is 4. The molecule has 2 aliphatic rings. The Kier molecular flexibility index (Phi) is 4.67. The topological polar surface area (TPSA) is 50.2 Å². The molecular formula is C18H24N4OS. The number of aromatic nitrogens is 2. The van der Waals surface area contributed by atoms with Crippen LogP contribution in [-0.4, -0.2) is 33.7 Å². The van der Waals surface area contributed by atoms with Crippen LogP contribution in [0.5, 0.6) is 0 Å². The molecule has 0 saturated heterocycles. The fraction of sp³-hybridized carbons (Fsp3) is 0.556. The SMILES string of the molecule is O=C(CC1CC1)NCC[C@@H]1CN(Cc2cccs2)Cc2ccnn21. The minimum atomic E-state index is 0.212. The Hall–Kier alpha value is -1.66. The molecule has 4 rings (SSSR count). The highest BCUT2D eigenvalue weighted by molar-refractivity contribution is 7.09. The molecule has 1 saturated carbocycles. The van der Waals surface area contributed by atoms with Gasteiger partial charge in [-0.1, -0.05) is 6.07 Å². The zero-order chi connectivity index (χ0) is 16.4. The van der Waals surface area contributed by atoms with Crippen molar-refractivity contribution in [2.45, 2.75) is 44.8 Å². The van der Waals surface area contributed by atoms with Crippen molar-refractivity contribution in [1.82, 2.24) is 20.0 Å². The lowest BCUT2D eigenvalue weighted by Gasteiger charge is -2.33. The molecule has 0 aromatic carbocycles. The van der Waals surface area contributed by atoms with Crippen molar-refractivity contribution in [1.29, 1.82) is 0 Å². The summed E-state index contributed by atoms with van der Waals surface area (Å²) in [6.07, 6.45) is 5.99. The second-order valence-corrected chi connectivity index (χ2v) is 7.99. The standard InChI is InChI=1S/C18H24N4OS/c23-18(10-14-3-4-14)19-7-5-15-11-21(13-17-2-1-9-24-17)12-16-6-8-20-22(15)16/h1-2,6,8-9,14-15H,3-5,7,10-13H2,(H,19,23)/t15-/m1/s1. The minimum absolute atomic E-state index is 0.212. The van der Waals surface area contributed by atoms with Crippen LogP contribution in [0.3, 0.4) is 0 Å². The van der Waals surface area contributed by atoms with E-state index in [1.807, 2.05) is 17.5 Å². The maximum atomic E-state index is 11.9. The summed E-state index contributed by atoms with van der Waals surface area (Å²) in [7, 11) is 0. The largest absolute Gasteiger partial charge is 0.356 e. The first-order chi connectivity index (χ1) is 11.8. The van der Waals surface area contributed by atoms with E-state index in [0.29, 0.717) is 18.4 Å². The van der Waals surface area contributed by atoms with Crippen molar-refractivity contribution in [2.75, 3.05) is 13.1 Å². The van der Waals surface area contributed by atoms with E-state index in [9.17, 15) is 4.79 Å². The van der Waals surface area contributed by atoms with Gasteiger partial charge in [-0.2, -0.15) is 5.10 Å². The number of nitrogens with zero attached hydrogens (tertiary/aromatic N) is 3. The van der Waals surface area contributed by atoms with Gasteiger partial charge in [0.05, 0.1) is 11.7 Å². The average molecular weight is 344 g/mol. The number of rotatable bonds is 7. The monoisotopic (exact) mass is 344 g/mol. The summed E-state index contributed by atoms with van der Waals surface area (Å²) in [6.45, 7) is 3.67. The summed E-state index contributed by atoms with van der Waals surface area (Å²) in [4.78, 5) is 15.8. The zero-order valence-corrected chi connectivity index (χ0v) is 14.7. The van der Waals surface area contributed by atoms with Crippen molar-refractivity contribution < 1.29 is 4.79 Å². The normalized spacial score (nSPS) is 20.8. The molecule has 24 heavy (non-hydrogen) atoms.